The third-order valence-electron chi connectivity index (χ3n) is 4.20. The fourth-order valence-electron chi connectivity index (χ4n) is 2.88. The second kappa shape index (κ2) is 5.57. The molecule has 1 fully saturated rings. The quantitative estimate of drug-likeness (QED) is 0.794. The first-order valence-corrected chi connectivity index (χ1v) is 7.95. The van der Waals surface area contributed by atoms with Gasteiger partial charge in [-0.15, -0.1) is 0 Å². The molecule has 0 bridgehead atoms. The lowest BCUT2D eigenvalue weighted by Crippen LogP contribution is -2.28. The Morgan fingerprint density at radius 3 is 2.75 bits per heavy atom. The van der Waals surface area contributed by atoms with Crippen LogP contribution in [0.1, 0.15) is 30.1 Å². The predicted octanol–water partition coefficient (Wildman–Crippen LogP) is 4.47. The number of likely N-dealkylation sites (tertiary alicyclic amines) is 1. The Labute approximate surface area is 127 Å². The number of nitrogens with zero attached hydrogens (tertiary/aromatic N) is 1. The molecule has 2 aromatic rings. The van der Waals surface area contributed by atoms with E-state index in [4.69, 9.17) is 0 Å². The van der Waals surface area contributed by atoms with Gasteiger partial charge in [-0.2, -0.15) is 0 Å². The minimum Gasteiger partial charge on any atom is -0.338 e. The smallest absolute Gasteiger partial charge is 0.253 e. The van der Waals surface area contributed by atoms with Crippen LogP contribution >= 0.6 is 15.9 Å². The maximum absolute atomic E-state index is 12.5. The lowest BCUT2D eigenvalue weighted by atomic mass is 10.1. The van der Waals surface area contributed by atoms with E-state index in [1.54, 1.807) is 0 Å². The minimum absolute atomic E-state index is 0.172. The molecule has 2 nitrogen and oxygen atoms in total. The van der Waals surface area contributed by atoms with E-state index in [2.05, 4.69) is 35.0 Å². The molecule has 3 rings (SSSR count). The van der Waals surface area contributed by atoms with Crippen molar-refractivity contribution >= 4 is 32.6 Å². The van der Waals surface area contributed by atoms with Gasteiger partial charge >= 0.3 is 0 Å². The van der Waals surface area contributed by atoms with E-state index in [9.17, 15) is 4.79 Å². The van der Waals surface area contributed by atoms with E-state index in [1.807, 2.05) is 29.2 Å². The van der Waals surface area contributed by atoms with Gasteiger partial charge in [0.1, 0.15) is 0 Å². The summed E-state index contributed by atoms with van der Waals surface area (Å²) in [5, 5.41) is 2.27. The van der Waals surface area contributed by atoms with Crippen molar-refractivity contribution in [1.29, 1.82) is 0 Å². The lowest BCUT2D eigenvalue weighted by Gasteiger charge is -2.16. The van der Waals surface area contributed by atoms with Gasteiger partial charge in [0.05, 0.1) is 0 Å². The van der Waals surface area contributed by atoms with E-state index in [-0.39, 0.29) is 5.91 Å². The van der Waals surface area contributed by atoms with Gasteiger partial charge in [0.25, 0.3) is 5.91 Å². The molecule has 1 amide bonds. The Balaban J connectivity index is 1.87. The van der Waals surface area contributed by atoms with Crippen molar-refractivity contribution in [2.45, 2.75) is 19.8 Å². The summed E-state index contributed by atoms with van der Waals surface area (Å²) < 4.78 is 1.06. The van der Waals surface area contributed by atoms with Gasteiger partial charge in [-0.25, -0.2) is 0 Å². The van der Waals surface area contributed by atoms with Crippen molar-refractivity contribution in [3.63, 3.8) is 0 Å². The molecule has 1 heterocycles. The average molecular weight is 332 g/mol. The highest BCUT2D eigenvalue weighted by Gasteiger charge is 2.25. The Hall–Kier alpha value is -1.35. The Morgan fingerprint density at radius 1 is 1.25 bits per heavy atom. The molecule has 1 saturated heterocycles. The molecule has 1 aliphatic rings. The minimum atomic E-state index is 0.172. The van der Waals surface area contributed by atoms with Crippen molar-refractivity contribution in [3.05, 3.63) is 46.4 Å². The fraction of sp³-hybridized carbons (Fsp3) is 0.353. The molecule has 1 atom stereocenters. The molecule has 0 spiro atoms. The maximum atomic E-state index is 12.5. The highest BCUT2D eigenvalue weighted by Crippen LogP contribution is 2.24. The van der Waals surface area contributed by atoms with Gasteiger partial charge in [0, 0.05) is 23.1 Å². The van der Waals surface area contributed by atoms with Crippen LogP contribution in [0.5, 0.6) is 0 Å². The molecule has 1 aliphatic heterocycles. The van der Waals surface area contributed by atoms with Gasteiger partial charge in [-0.1, -0.05) is 41.4 Å². The summed E-state index contributed by atoms with van der Waals surface area (Å²) in [5.74, 6) is 0.848. The first kappa shape index (κ1) is 13.6. The van der Waals surface area contributed by atoms with E-state index in [1.165, 1.54) is 0 Å². The van der Waals surface area contributed by atoms with Gasteiger partial charge < -0.3 is 4.90 Å². The molecule has 0 aromatic heterocycles. The standard InChI is InChI=1S/C17H18BrNO/c1-2-12-7-8-19(11-12)17(20)15-4-3-14-10-16(18)6-5-13(14)9-15/h3-6,9-10,12H,2,7-8,11H2,1H3. The first-order valence-electron chi connectivity index (χ1n) is 7.16. The Kier molecular flexibility index (Phi) is 3.79. The van der Waals surface area contributed by atoms with Crippen LogP contribution in [0, 0.1) is 5.92 Å². The second-order valence-electron chi connectivity index (χ2n) is 5.52. The molecular weight excluding hydrogens is 314 g/mol. The zero-order chi connectivity index (χ0) is 14.1. The summed E-state index contributed by atoms with van der Waals surface area (Å²) in [5.41, 5.74) is 0.802. The molecule has 1 unspecified atom stereocenters. The monoisotopic (exact) mass is 331 g/mol. The van der Waals surface area contributed by atoms with Crippen molar-refractivity contribution in [2.24, 2.45) is 5.92 Å². The van der Waals surface area contributed by atoms with Crippen molar-refractivity contribution < 1.29 is 4.79 Å². The molecule has 20 heavy (non-hydrogen) atoms. The summed E-state index contributed by atoms with van der Waals surface area (Å²) in [6.45, 7) is 4.01. The van der Waals surface area contributed by atoms with Crippen LogP contribution in [0.3, 0.4) is 0 Å². The molecule has 104 valence electrons. The number of carbonyl (C=O) groups is 1. The molecular formula is C17H18BrNO. The number of rotatable bonds is 2. The summed E-state index contributed by atoms with van der Waals surface area (Å²) in [6.07, 6.45) is 2.30. The normalized spacial score (nSPS) is 18.7. The zero-order valence-electron chi connectivity index (χ0n) is 11.6. The number of benzene rings is 2. The predicted molar refractivity (Wildman–Crippen MR) is 85.9 cm³/mol. The van der Waals surface area contributed by atoms with Crippen molar-refractivity contribution in [3.8, 4) is 0 Å². The van der Waals surface area contributed by atoms with Crippen LogP contribution in [-0.4, -0.2) is 23.9 Å². The maximum Gasteiger partial charge on any atom is 0.253 e. The number of carbonyl (C=O) groups excluding carboxylic acids is 1. The van der Waals surface area contributed by atoms with Crippen LogP contribution in [0.15, 0.2) is 40.9 Å². The van der Waals surface area contributed by atoms with Crippen LogP contribution in [0.25, 0.3) is 10.8 Å². The summed E-state index contributed by atoms with van der Waals surface area (Å²) in [6, 6.07) is 12.1. The first-order chi connectivity index (χ1) is 9.67. The SMILES string of the molecule is CCC1CCN(C(=O)c2ccc3cc(Br)ccc3c2)C1. The lowest BCUT2D eigenvalue weighted by molar-refractivity contribution is 0.0787. The van der Waals surface area contributed by atoms with Gasteiger partial charge in [-0.3, -0.25) is 4.79 Å². The molecule has 0 saturated carbocycles. The van der Waals surface area contributed by atoms with Crippen LogP contribution in [0.4, 0.5) is 0 Å². The van der Waals surface area contributed by atoms with E-state index < -0.39 is 0 Å². The number of hydrogen-bond donors (Lipinski definition) is 0. The van der Waals surface area contributed by atoms with Crippen molar-refractivity contribution in [1.82, 2.24) is 4.90 Å². The molecule has 0 N–H and O–H groups in total. The topological polar surface area (TPSA) is 20.3 Å². The summed E-state index contributed by atoms with van der Waals surface area (Å²) >= 11 is 3.47. The highest BCUT2D eigenvalue weighted by molar-refractivity contribution is 9.10. The van der Waals surface area contributed by atoms with Crippen LogP contribution in [0.2, 0.25) is 0 Å². The Morgan fingerprint density at radius 2 is 2.00 bits per heavy atom. The number of fused-ring (bicyclic) bond motifs is 1. The number of hydrogen-bond acceptors (Lipinski definition) is 1. The van der Waals surface area contributed by atoms with Gasteiger partial charge in [0.2, 0.25) is 0 Å². The highest BCUT2D eigenvalue weighted by atomic mass is 79.9. The molecule has 0 aliphatic carbocycles. The third-order valence-corrected chi connectivity index (χ3v) is 4.69. The number of amides is 1. The number of halogens is 1. The van der Waals surface area contributed by atoms with Gasteiger partial charge in [0.15, 0.2) is 0 Å². The zero-order valence-corrected chi connectivity index (χ0v) is 13.2. The third kappa shape index (κ3) is 2.59. The average Bonchev–Trinajstić information content (AvgIpc) is 2.95. The van der Waals surface area contributed by atoms with E-state index in [0.717, 1.165) is 46.7 Å². The van der Waals surface area contributed by atoms with E-state index >= 15 is 0 Å². The largest absolute Gasteiger partial charge is 0.338 e. The van der Waals surface area contributed by atoms with E-state index in [0.29, 0.717) is 5.92 Å². The molecule has 0 radical (unpaired) electrons. The summed E-state index contributed by atoms with van der Waals surface area (Å²) in [4.78, 5) is 14.5. The fourth-order valence-corrected chi connectivity index (χ4v) is 3.26. The second-order valence-corrected chi connectivity index (χ2v) is 6.44. The summed E-state index contributed by atoms with van der Waals surface area (Å²) in [7, 11) is 0. The molecule has 2 aromatic carbocycles. The molecule has 3 heteroatoms. The van der Waals surface area contributed by atoms with Crippen LogP contribution < -0.4 is 0 Å². The van der Waals surface area contributed by atoms with Gasteiger partial charge in [-0.05, 0) is 47.4 Å². The Bertz CT molecular complexity index is 652. The van der Waals surface area contributed by atoms with Crippen LogP contribution in [-0.2, 0) is 0 Å². The van der Waals surface area contributed by atoms with Crippen molar-refractivity contribution in [2.75, 3.05) is 13.1 Å².